The maximum atomic E-state index is 13.4. The molecule has 0 unspecified atom stereocenters. The number of carboxylic acids is 2. The number of aliphatic carboxylic acids is 2. The average molecular weight is 590 g/mol. The molecule has 0 spiro atoms. The van der Waals surface area contributed by atoms with Crippen LogP contribution in [0.25, 0.3) is 10.8 Å². The van der Waals surface area contributed by atoms with Crippen LogP contribution in [-0.4, -0.2) is 92.1 Å². The normalized spacial score (nSPS) is 22.4. The molecule has 1 saturated heterocycles. The lowest BCUT2D eigenvalue weighted by molar-refractivity contribution is -0.219. The van der Waals surface area contributed by atoms with E-state index < -0.39 is 48.4 Å². The molecule has 0 aromatic heterocycles. The van der Waals surface area contributed by atoms with Crippen molar-refractivity contribution in [3.8, 4) is 0 Å². The highest BCUT2D eigenvalue weighted by atomic mass is 16.7. The van der Waals surface area contributed by atoms with E-state index in [1.165, 1.54) is 5.06 Å². The zero-order valence-electron chi connectivity index (χ0n) is 24.0. The molecule has 2 aromatic carbocycles. The summed E-state index contributed by atoms with van der Waals surface area (Å²) in [5.41, 5.74) is 0.482. The Bertz CT molecular complexity index is 1160. The van der Waals surface area contributed by atoms with Crippen molar-refractivity contribution in [1.82, 2.24) is 5.06 Å². The zero-order valence-corrected chi connectivity index (χ0v) is 24.0. The van der Waals surface area contributed by atoms with Crippen LogP contribution < -0.4 is 0 Å². The molecule has 1 fully saturated rings. The van der Waals surface area contributed by atoms with E-state index in [4.69, 9.17) is 19.8 Å². The number of hydrogen-bond donors (Lipinski definition) is 5. The van der Waals surface area contributed by atoms with Gasteiger partial charge in [0.15, 0.2) is 5.92 Å². The summed E-state index contributed by atoms with van der Waals surface area (Å²) in [5, 5.41) is 51.5. The topological polar surface area (TPSA) is 174 Å². The minimum atomic E-state index is -1.36. The predicted molar refractivity (Wildman–Crippen MR) is 154 cm³/mol. The van der Waals surface area contributed by atoms with Gasteiger partial charge in [0.2, 0.25) is 0 Å². The number of aliphatic hydroxyl groups is 3. The van der Waals surface area contributed by atoms with Gasteiger partial charge in [-0.3, -0.25) is 19.2 Å². The Hall–Kier alpha value is -3.09. The third-order valence-corrected chi connectivity index (χ3v) is 7.75. The Kier molecular flexibility index (Phi) is 13.1. The Balaban J connectivity index is 1.49. The second kappa shape index (κ2) is 16.5. The van der Waals surface area contributed by atoms with Crippen LogP contribution in [0, 0.1) is 5.92 Å². The Morgan fingerprint density at radius 2 is 1.48 bits per heavy atom. The maximum Gasteiger partial charge on any atom is 0.317 e. The van der Waals surface area contributed by atoms with Gasteiger partial charge in [0.1, 0.15) is 18.3 Å². The van der Waals surface area contributed by atoms with E-state index >= 15 is 0 Å². The number of ether oxygens (including phenoxy) is 1. The molecule has 2 aromatic rings. The highest BCUT2D eigenvalue weighted by Gasteiger charge is 2.41. The number of fused-ring (bicyclic) bond motifs is 1. The smallest absolute Gasteiger partial charge is 0.317 e. The molecule has 1 amide bonds. The number of hydroxylamine groups is 2. The van der Waals surface area contributed by atoms with Gasteiger partial charge in [-0.1, -0.05) is 62.4 Å². The Morgan fingerprint density at radius 1 is 0.833 bits per heavy atom. The monoisotopic (exact) mass is 589 g/mol. The van der Waals surface area contributed by atoms with E-state index in [0.29, 0.717) is 37.9 Å². The van der Waals surface area contributed by atoms with Crippen molar-refractivity contribution in [1.29, 1.82) is 0 Å². The van der Waals surface area contributed by atoms with Crippen molar-refractivity contribution < 1.29 is 49.5 Å². The first-order valence-corrected chi connectivity index (χ1v) is 14.7. The minimum Gasteiger partial charge on any atom is -0.481 e. The first kappa shape index (κ1) is 33.4. The zero-order chi connectivity index (χ0) is 30.6. The molecule has 11 heteroatoms. The van der Waals surface area contributed by atoms with Crippen molar-refractivity contribution in [2.24, 2.45) is 5.92 Å². The van der Waals surface area contributed by atoms with Gasteiger partial charge in [-0.05, 0) is 55.5 Å². The van der Waals surface area contributed by atoms with Gasteiger partial charge in [-0.25, -0.2) is 5.06 Å². The number of amides is 1. The van der Waals surface area contributed by atoms with E-state index in [-0.39, 0.29) is 18.9 Å². The molecule has 1 heterocycles. The summed E-state index contributed by atoms with van der Waals surface area (Å²) in [6.45, 7) is 2.18. The molecule has 5 N–H and O–H groups in total. The second-order valence-corrected chi connectivity index (χ2v) is 10.9. The highest BCUT2D eigenvalue weighted by Crippen LogP contribution is 2.24. The SMILES string of the molecule is C[C@@H]1O[C@@H](CCCN(OCCCCCCCCC(C(=O)O)C(=O)O)C(=O)c2ccc3ccccc3c2)[C@@H](O)[C@H](O)[C@@H]1O. The second-order valence-electron chi connectivity index (χ2n) is 10.9. The molecule has 42 heavy (non-hydrogen) atoms. The average Bonchev–Trinajstić information content (AvgIpc) is 2.97. The summed E-state index contributed by atoms with van der Waals surface area (Å²) >= 11 is 0. The van der Waals surface area contributed by atoms with E-state index in [0.717, 1.165) is 36.5 Å². The lowest BCUT2D eigenvalue weighted by atomic mass is 9.93. The molecule has 5 atom stereocenters. The molecule has 0 radical (unpaired) electrons. The number of carbonyl (C=O) groups is 3. The Labute approximate surface area is 245 Å². The largest absolute Gasteiger partial charge is 0.481 e. The number of rotatable bonds is 17. The summed E-state index contributed by atoms with van der Waals surface area (Å²) in [7, 11) is 0. The number of unbranched alkanes of at least 4 members (excludes halogenated alkanes) is 5. The van der Waals surface area contributed by atoms with Crippen molar-refractivity contribution in [2.75, 3.05) is 13.2 Å². The van der Waals surface area contributed by atoms with Crippen LogP contribution in [0.1, 0.15) is 75.1 Å². The number of hydrogen-bond acceptors (Lipinski definition) is 8. The molecule has 0 aliphatic carbocycles. The van der Waals surface area contributed by atoms with Crippen molar-refractivity contribution >= 4 is 28.6 Å². The van der Waals surface area contributed by atoms with Gasteiger partial charge in [-0.15, -0.1) is 0 Å². The fourth-order valence-electron chi connectivity index (χ4n) is 5.19. The fourth-order valence-corrected chi connectivity index (χ4v) is 5.19. The van der Waals surface area contributed by atoms with Crippen LogP contribution in [0.3, 0.4) is 0 Å². The summed E-state index contributed by atoms with van der Waals surface area (Å²) < 4.78 is 5.68. The van der Waals surface area contributed by atoms with E-state index in [2.05, 4.69) is 0 Å². The van der Waals surface area contributed by atoms with Crippen LogP contribution in [0.2, 0.25) is 0 Å². The molecule has 11 nitrogen and oxygen atoms in total. The summed E-state index contributed by atoms with van der Waals surface area (Å²) in [4.78, 5) is 41.3. The third-order valence-electron chi connectivity index (χ3n) is 7.75. The number of carbonyl (C=O) groups excluding carboxylic acids is 1. The van der Waals surface area contributed by atoms with E-state index in [9.17, 15) is 29.7 Å². The molecule has 1 aliphatic heterocycles. The van der Waals surface area contributed by atoms with Crippen molar-refractivity contribution in [3.05, 3.63) is 48.0 Å². The van der Waals surface area contributed by atoms with Crippen LogP contribution >= 0.6 is 0 Å². The highest BCUT2D eigenvalue weighted by molar-refractivity contribution is 5.98. The quantitative estimate of drug-likeness (QED) is 0.105. The molecule has 232 valence electrons. The molecular formula is C31H43NO10. The number of aliphatic hydroxyl groups excluding tert-OH is 3. The predicted octanol–water partition coefficient (Wildman–Crippen LogP) is 3.38. The van der Waals surface area contributed by atoms with Crippen molar-refractivity contribution in [3.63, 3.8) is 0 Å². The standard InChI is InChI=1S/C31H43NO10/c1-20-26(33)28(35)27(34)25(42-20)14-10-17-32(29(36)23-16-15-21-11-7-8-12-22(21)19-23)41-18-9-5-3-2-4-6-13-24(30(37)38)31(39)40/h7-8,11-12,15-16,19-20,24-28,33-35H,2-6,9-10,13-14,17-18H2,1H3,(H,37,38)(H,39,40)/t20-,25-,26+,27+,28+/m0/s1. The van der Waals surface area contributed by atoms with Gasteiger partial charge in [0.05, 0.1) is 18.8 Å². The first-order chi connectivity index (χ1) is 20.1. The van der Waals surface area contributed by atoms with Gasteiger partial charge in [0, 0.05) is 12.1 Å². The van der Waals surface area contributed by atoms with Crippen LogP contribution in [0.5, 0.6) is 0 Å². The van der Waals surface area contributed by atoms with Gasteiger partial charge < -0.3 is 30.3 Å². The van der Waals surface area contributed by atoms with E-state index in [1.807, 2.05) is 36.4 Å². The van der Waals surface area contributed by atoms with Crippen LogP contribution in [0.4, 0.5) is 0 Å². The van der Waals surface area contributed by atoms with Gasteiger partial charge in [0.25, 0.3) is 5.91 Å². The molecule has 0 bridgehead atoms. The van der Waals surface area contributed by atoms with Crippen LogP contribution in [0.15, 0.2) is 42.5 Å². The number of carboxylic acid groups (broad SMARTS) is 2. The van der Waals surface area contributed by atoms with Gasteiger partial charge in [-0.2, -0.15) is 0 Å². The number of nitrogens with zero attached hydrogens (tertiary/aromatic N) is 1. The van der Waals surface area contributed by atoms with Crippen LogP contribution in [-0.2, 0) is 19.2 Å². The lowest BCUT2D eigenvalue weighted by Gasteiger charge is -2.39. The first-order valence-electron chi connectivity index (χ1n) is 14.7. The molecule has 1 aliphatic rings. The van der Waals surface area contributed by atoms with Crippen molar-refractivity contribution in [2.45, 2.75) is 95.2 Å². The molecule has 3 rings (SSSR count). The summed E-state index contributed by atoms with van der Waals surface area (Å²) in [6, 6.07) is 13.2. The molecule has 0 saturated carbocycles. The Morgan fingerprint density at radius 3 is 2.17 bits per heavy atom. The summed E-state index contributed by atoms with van der Waals surface area (Å²) in [5.74, 6) is -4.27. The summed E-state index contributed by atoms with van der Waals surface area (Å²) in [6.07, 6.45) is 0.388. The van der Waals surface area contributed by atoms with Gasteiger partial charge >= 0.3 is 11.9 Å². The third kappa shape index (κ3) is 9.47. The molecular weight excluding hydrogens is 546 g/mol. The fraction of sp³-hybridized carbons (Fsp3) is 0.581. The van der Waals surface area contributed by atoms with E-state index in [1.54, 1.807) is 13.0 Å². The minimum absolute atomic E-state index is 0.112. The lowest BCUT2D eigenvalue weighted by Crippen LogP contribution is -2.56. The number of benzene rings is 2. The maximum absolute atomic E-state index is 13.4.